The molecule has 1 atom stereocenters. The summed E-state index contributed by atoms with van der Waals surface area (Å²) in [5.74, 6) is -2.64. The lowest BCUT2D eigenvalue weighted by atomic mass is 10.1. The summed E-state index contributed by atoms with van der Waals surface area (Å²) >= 11 is 0. The monoisotopic (exact) mass is 261 g/mol. The summed E-state index contributed by atoms with van der Waals surface area (Å²) in [6.07, 6.45) is -0.426. The van der Waals surface area contributed by atoms with Gasteiger partial charge in [-0.2, -0.15) is 0 Å². The van der Waals surface area contributed by atoms with E-state index in [1.807, 2.05) is 0 Å². The van der Waals surface area contributed by atoms with Crippen LogP contribution in [0.2, 0.25) is 0 Å². The molecule has 2 N–H and O–H groups in total. The van der Waals surface area contributed by atoms with Gasteiger partial charge in [-0.25, -0.2) is 19.4 Å². The van der Waals surface area contributed by atoms with Crippen molar-refractivity contribution in [3.05, 3.63) is 0 Å². The number of ether oxygens (including phenoxy) is 1. The Morgan fingerprint density at radius 2 is 1.72 bits per heavy atom. The summed E-state index contributed by atoms with van der Waals surface area (Å²) in [6, 6.07) is 0. The van der Waals surface area contributed by atoms with E-state index >= 15 is 0 Å². The summed E-state index contributed by atoms with van der Waals surface area (Å²) in [7, 11) is 0. The number of nitrogens with two attached hydrogens (primary N) is 1. The van der Waals surface area contributed by atoms with Crippen LogP contribution in [0.1, 0.15) is 33.6 Å². The van der Waals surface area contributed by atoms with E-state index in [9.17, 15) is 14.4 Å². The fraction of sp³-hybridized carbons (Fsp3) is 0.727. The molecule has 0 spiro atoms. The molecule has 0 aromatic heterocycles. The van der Waals surface area contributed by atoms with E-state index in [0.717, 1.165) is 0 Å². The first-order chi connectivity index (χ1) is 8.42. The van der Waals surface area contributed by atoms with Crippen molar-refractivity contribution in [2.75, 3.05) is 6.54 Å². The summed E-state index contributed by atoms with van der Waals surface area (Å²) in [4.78, 5) is 42.1. The largest absolute Gasteiger partial charge is 0.449 e. The van der Waals surface area contributed by atoms with Gasteiger partial charge in [-0.3, -0.25) is 4.79 Å². The first-order valence-corrected chi connectivity index (χ1v) is 5.73. The Morgan fingerprint density at radius 1 is 1.11 bits per heavy atom. The molecule has 0 aromatic carbocycles. The third-order valence-corrected chi connectivity index (χ3v) is 1.93. The molecule has 7 nitrogen and oxygen atoms in total. The number of hydrogen-bond acceptors (Lipinski definition) is 7. The molecule has 0 rings (SSSR count). The zero-order valence-corrected chi connectivity index (χ0v) is 10.8. The van der Waals surface area contributed by atoms with E-state index in [2.05, 4.69) is 9.78 Å². The lowest BCUT2D eigenvalue weighted by Gasteiger charge is -2.18. The van der Waals surface area contributed by atoms with E-state index in [-0.39, 0.29) is 18.9 Å². The number of rotatable bonds is 6. The smallest absolute Gasteiger partial charge is 0.395 e. The maximum Gasteiger partial charge on any atom is 0.395 e. The fourth-order valence-corrected chi connectivity index (χ4v) is 1.03. The molecule has 7 heteroatoms. The molecule has 104 valence electrons. The van der Waals surface area contributed by atoms with Crippen LogP contribution >= 0.6 is 0 Å². The van der Waals surface area contributed by atoms with Gasteiger partial charge in [-0.1, -0.05) is 20.8 Å². The molecule has 0 fully saturated rings. The second kappa shape index (κ2) is 8.46. The molecule has 0 aromatic rings. The zero-order chi connectivity index (χ0) is 14.1. The average Bonchev–Trinajstić information content (AvgIpc) is 2.32. The van der Waals surface area contributed by atoms with Crippen LogP contribution in [0.5, 0.6) is 0 Å². The number of esters is 1. The minimum absolute atomic E-state index is 0.141. The predicted molar refractivity (Wildman–Crippen MR) is 60.9 cm³/mol. The molecule has 0 saturated heterocycles. The van der Waals surface area contributed by atoms with Gasteiger partial charge in [0.05, 0.1) is 6.54 Å². The standard InChI is InChI=1S/C11H19NO6/c1-4-5-8(13)17-18-11(15)10(7(2)3)16-9(14)6-12/h7,10H,4-6,12H2,1-3H3. The van der Waals surface area contributed by atoms with Crippen LogP contribution in [0.15, 0.2) is 0 Å². The summed E-state index contributed by atoms with van der Waals surface area (Å²) in [6.45, 7) is 4.75. The lowest BCUT2D eigenvalue weighted by Crippen LogP contribution is -2.36. The van der Waals surface area contributed by atoms with Crippen LogP contribution in [0.4, 0.5) is 0 Å². The Kier molecular flexibility index (Phi) is 7.69. The normalized spacial score (nSPS) is 11.8. The van der Waals surface area contributed by atoms with Gasteiger partial charge in [0.15, 0.2) is 0 Å². The highest BCUT2D eigenvalue weighted by Crippen LogP contribution is 2.09. The van der Waals surface area contributed by atoms with Crippen molar-refractivity contribution in [3.8, 4) is 0 Å². The Labute approximate surface area is 105 Å². The first-order valence-electron chi connectivity index (χ1n) is 5.73. The Morgan fingerprint density at radius 3 is 2.17 bits per heavy atom. The molecule has 0 aliphatic rings. The van der Waals surface area contributed by atoms with Crippen LogP contribution in [-0.4, -0.2) is 30.6 Å². The molecule has 0 saturated carbocycles. The van der Waals surface area contributed by atoms with Crippen molar-refractivity contribution in [1.29, 1.82) is 0 Å². The molecular weight excluding hydrogens is 242 g/mol. The van der Waals surface area contributed by atoms with Crippen molar-refractivity contribution in [3.63, 3.8) is 0 Å². The highest BCUT2D eigenvalue weighted by Gasteiger charge is 2.29. The molecule has 0 radical (unpaired) electrons. The molecule has 0 aliphatic carbocycles. The molecule has 0 aliphatic heterocycles. The van der Waals surface area contributed by atoms with Crippen LogP contribution < -0.4 is 5.73 Å². The van der Waals surface area contributed by atoms with Crippen molar-refractivity contribution in [2.24, 2.45) is 11.7 Å². The number of carbonyl (C=O) groups excluding carboxylic acids is 3. The van der Waals surface area contributed by atoms with Crippen molar-refractivity contribution in [2.45, 2.75) is 39.7 Å². The second-order valence-corrected chi connectivity index (χ2v) is 3.97. The first kappa shape index (κ1) is 16.4. The quantitative estimate of drug-likeness (QED) is 0.417. The third kappa shape index (κ3) is 6.19. The van der Waals surface area contributed by atoms with Gasteiger partial charge in [-0.05, 0) is 6.42 Å². The van der Waals surface area contributed by atoms with E-state index in [0.29, 0.717) is 6.42 Å². The maximum atomic E-state index is 11.5. The minimum atomic E-state index is -1.14. The van der Waals surface area contributed by atoms with E-state index in [4.69, 9.17) is 10.5 Å². The molecule has 0 heterocycles. The number of carbonyl (C=O) groups is 3. The van der Waals surface area contributed by atoms with E-state index < -0.39 is 24.0 Å². The SMILES string of the molecule is CCCC(=O)OOC(=O)C(OC(=O)CN)C(C)C. The molecular formula is C11H19NO6. The molecule has 18 heavy (non-hydrogen) atoms. The van der Waals surface area contributed by atoms with Crippen molar-refractivity contribution >= 4 is 17.9 Å². The maximum absolute atomic E-state index is 11.5. The van der Waals surface area contributed by atoms with Crippen molar-refractivity contribution < 1.29 is 28.9 Å². The Bertz CT molecular complexity index is 302. The van der Waals surface area contributed by atoms with Gasteiger partial charge in [0.1, 0.15) is 0 Å². The van der Waals surface area contributed by atoms with E-state index in [1.165, 1.54) is 0 Å². The summed E-state index contributed by atoms with van der Waals surface area (Å²) < 4.78 is 4.79. The zero-order valence-electron chi connectivity index (χ0n) is 10.8. The molecule has 0 bridgehead atoms. The lowest BCUT2D eigenvalue weighted by molar-refractivity contribution is -0.266. The Balaban J connectivity index is 4.31. The van der Waals surface area contributed by atoms with Gasteiger partial charge in [0.2, 0.25) is 6.10 Å². The van der Waals surface area contributed by atoms with Crippen molar-refractivity contribution in [1.82, 2.24) is 0 Å². The van der Waals surface area contributed by atoms with Gasteiger partial charge < -0.3 is 10.5 Å². The second-order valence-electron chi connectivity index (χ2n) is 3.97. The van der Waals surface area contributed by atoms with Crippen LogP contribution in [-0.2, 0) is 28.9 Å². The average molecular weight is 261 g/mol. The van der Waals surface area contributed by atoms with Gasteiger partial charge in [-0.15, -0.1) is 0 Å². The third-order valence-electron chi connectivity index (χ3n) is 1.93. The van der Waals surface area contributed by atoms with E-state index in [1.54, 1.807) is 20.8 Å². The summed E-state index contributed by atoms with van der Waals surface area (Å²) in [5, 5.41) is 0. The van der Waals surface area contributed by atoms with Crippen LogP contribution in [0.25, 0.3) is 0 Å². The number of hydrogen-bond donors (Lipinski definition) is 1. The fourth-order valence-electron chi connectivity index (χ4n) is 1.03. The minimum Gasteiger partial charge on any atom is -0.449 e. The highest BCUT2D eigenvalue weighted by atomic mass is 17.2. The van der Waals surface area contributed by atoms with Crippen LogP contribution in [0.3, 0.4) is 0 Å². The molecule has 1 unspecified atom stereocenters. The summed E-state index contributed by atoms with van der Waals surface area (Å²) in [5.41, 5.74) is 5.07. The topological polar surface area (TPSA) is 105 Å². The highest BCUT2D eigenvalue weighted by molar-refractivity contribution is 5.80. The predicted octanol–water partition coefficient (Wildman–Crippen LogP) is 0.314. The van der Waals surface area contributed by atoms with Gasteiger partial charge in [0.25, 0.3) is 0 Å². The molecule has 0 amide bonds. The Hall–Kier alpha value is -1.63. The van der Waals surface area contributed by atoms with Gasteiger partial charge in [0, 0.05) is 12.3 Å². The van der Waals surface area contributed by atoms with Gasteiger partial charge >= 0.3 is 17.9 Å². The van der Waals surface area contributed by atoms with Crippen LogP contribution in [0, 0.1) is 5.92 Å².